The molecule has 0 N–H and O–H groups in total. The van der Waals surface area contributed by atoms with E-state index in [2.05, 4.69) is 6.58 Å². The molecule has 1 saturated heterocycles. The van der Waals surface area contributed by atoms with Crippen LogP contribution < -0.4 is 10.6 Å². The van der Waals surface area contributed by atoms with Gasteiger partial charge in [-0.1, -0.05) is 71.7 Å². The second-order valence-corrected chi connectivity index (χ2v) is 9.89. The van der Waals surface area contributed by atoms with E-state index in [1.54, 1.807) is 0 Å². The summed E-state index contributed by atoms with van der Waals surface area (Å²) < 4.78 is 16.5. The fraction of sp³-hybridized carbons (Fsp3) is 0.0909. The van der Waals surface area contributed by atoms with E-state index in [0.29, 0.717) is 10.0 Å². The maximum Gasteiger partial charge on any atom is 0.208 e. The van der Waals surface area contributed by atoms with E-state index in [-0.39, 0.29) is 12.1 Å². The molecular weight excluding hydrogens is 396 g/mol. The Morgan fingerprint density at radius 2 is 1.30 bits per heavy atom. The minimum atomic E-state index is -3.07. The molecule has 27 heavy (non-hydrogen) atoms. The molecule has 0 aliphatic carbocycles. The maximum absolute atomic E-state index is 14.5. The molecule has 0 saturated carbocycles. The largest absolute Gasteiger partial charge is 0.296 e. The Balaban J connectivity index is 1.89. The van der Waals surface area contributed by atoms with Gasteiger partial charge in [0.05, 0.1) is 12.1 Å². The SMILES string of the molecule is C=C[C@@H]1[C@@H](c2c(Cl)cccc2Cl)N1P(=O)(c1ccccc1)c1ccccc1. The van der Waals surface area contributed by atoms with Gasteiger partial charge in [-0.15, -0.1) is 6.58 Å². The molecule has 0 aromatic heterocycles. The van der Waals surface area contributed by atoms with Gasteiger partial charge in [0.2, 0.25) is 7.29 Å². The summed E-state index contributed by atoms with van der Waals surface area (Å²) in [6.45, 7) is 3.96. The predicted molar refractivity (Wildman–Crippen MR) is 115 cm³/mol. The summed E-state index contributed by atoms with van der Waals surface area (Å²) in [7, 11) is -3.07. The van der Waals surface area contributed by atoms with E-state index in [4.69, 9.17) is 23.2 Å². The zero-order valence-electron chi connectivity index (χ0n) is 14.5. The lowest BCUT2D eigenvalue weighted by molar-refractivity contribution is 0.557. The van der Waals surface area contributed by atoms with Gasteiger partial charge in [-0.3, -0.25) is 4.57 Å². The van der Waals surface area contributed by atoms with Crippen LogP contribution in [0.1, 0.15) is 11.6 Å². The average molecular weight is 414 g/mol. The van der Waals surface area contributed by atoms with E-state index in [9.17, 15) is 4.57 Å². The summed E-state index contributed by atoms with van der Waals surface area (Å²) in [6.07, 6.45) is 1.82. The van der Waals surface area contributed by atoms with Crippen LogP contribution in [0.15, 0.2) is 91.5 Å². The second-order valence-electron chi connectivity index (χ2n) is 6.43. The fourth-order valence-electron chi connectivity index (χ4n) is 3.61. The standard InChI is InChI=1S/C22H18Cl2NOP/c1-2-20-22(21-18(23)14-9-15-19(21)24)25(20)27(26,16-10-5-3-6-11-16)17-12-7-4-8-13-17/h2-15,20,22H,1H2/t20-,22+,25?/m1/s1. The molecule has 0 spiro atoms. The number of halogens is 2. The van der Waals surface area contributed by atoms with E-state index < -0.39 is 7.29 Å². The Kier molecular flexibility index (Phi) is 5.01. The lowest BCUT2D eigenvalue weighted by atomic mass is 10.1. The van der Waals surface area contributed by atoms with E-state index in [1.165, 1.54) is 0 Å². The second kappa shape index (κ2) is 7.30. The maximum atomic E-state index is 14.5. The summed E-state index contributed by atoms with van der Waals surface area (Å²) in [5.41, 5.74) is 0.804. The number of hydrogen-bond donors (Lipinski definition) is 0. The quantitative estimate of drug-likeness (QED) is 0.297. The number of benzene rings is 3. The van der Waals surface area contributed by atoms with Crippen molar-refractivity contribution in [3.05, 3.63) is 107 Å². The number of nitrogens with zero attached hydrogens (tertiary/aromatic N) is 1. The van der Waals surface area contributed by atoms with Gasteiger partial charge in [0.25, 0.3) is 0 Å². The minimum Gasteiger partial charge on any atom is -0.296 e. The highest BCUT2D eigenvalue weighted by molar-refractivity contribution is 7.76. The van der Waals surface area contributed by atoms with Crippen LogP contribution >= 0.6 is 30.5 Å². The number of rotatable bonds is 5. The van der Waals surface area contributed by atoms with Crippen molar-refractivity contribution in [3.8, 4) is 0 Å². The van der Waals surface area contributed by atoms with Gasteiger partial charge >= 0.3 is 0 Å². The summed E-state index contributed by atoms with van der Waals surface area (Å²) >= 11 is 12.9. The third-order valence-electron chi connectivity index (χ3n) is 4.90. The first kappa shape index (κ1) is 18.5. The highest BCUT2D eigenvalue weighted by Crippen LogP contribution is 2.65. The third kappa shape index (κ3) is 3.07. The highest BCUT2D eigenvalue weighted by Gasteiger charge is 2.58. The van der Waals surface area contributed by atoms with Crippen LogP contribution in [0.5, 0.6) is 0 Å². The molecule has 5 heteroatoms. The highest BCUT2D eigenvalue weighted by atomic mass is 35.5. The summed E-state index contributed by atoms with van der Waals surface area (Å²) in [5.74, 6) is 0. The van der Waals surface area contributed by atoms with Crippen LogP contribution in [0.4, 0.5) is 0 Å². The Labute approximate surface area is 169 Å². The molecule has 4 rings (SSSR count). The molecular formula is C22H18Cl2NOP. The summed E-state index contributed by atoms with van der Waals surface area (Å²) in [6, 6.07) is 24.3. The van der Waals surface area contributed by atoms with Crippen molar-refractivity contribution >= 4 is 41.1 Å². The van der Waals surface area contributed by atoms with Gasteiger partial charge in [0.1, 0.15) is 0 Å². The van der Waals surface area contributed by atoms with Gasteiger partial charge in [0.15, 0.2) is 0 Å². The minimum absolute atomic E-state index is 0.103. The molecule has 0 bridgehead atoms. The van der Waals surface area contributed by atoms with E-state index >= 15 is 0 Å². The Morgan fingerprint density at radius 3 is 1.74 bits per heavy atom. The first-order valence-electron chi connectivity index (χ1n) is 8.65. The average Bonchev–Trinajstić information content (AvgIpc) is 3.43. The molecule has 3 atom stereocenters. The van der Waals surface area contributed by atoms with Crippen LogP contribution in [-0.4, -0.2) is 10.7 Å². The Hall–Kier alpha value is -1.83. The smallest absolute Gasteiger partial charge is 0.208 e. The Morgan fingerprint density at radius 1 is 0.815 bits per heavy atom. The van der Waals surface area contributed by atoms with Gasteiger partial charge < -0.3 is 0 Å². The monoisotopic (exact) mass is 413 g/mol. The molecule has 1 heterocycles. The fourth-order valence-corrected chi connectivity index (χ4v) is 7.35. The lowest BCUT2D eigenvalue weighted by Crippen LogP contribution is -2.22. The predicted octanol–water partition coefficient (Wildman–Crippen LogP) is 5.83. The molecule has 3 aromatic carbocycles. The van der Waals surface area contributed by atoms with Crippen molar-refractivity contribution in [2.24, 2.45) is 0 Å². The van der Waals surface area contributed by atoms with E-state index in [0.717, 1.165) is 16.2 Å². The van der Waals surface area contributed by atoms with Crippen molar-refractivity contribution < 1.29 is 4.57 Å². The summed E-state index contributed by atoms with van der Waals surface area (Å²) in [5, 5.41) is 2.73. The number of hydrogen-bond acceptors (Lipinski definition) is 1. The molecule has 2 nitrogen and oxygen atoms in total. The van der Waals surface area contributed by atoms with Gasteiger partial charge in [-0.25, -0.2) is 4.67 Å². The normalized spacial score (nSPS) is 21.6. The van der Waals surface area contributed by atoms with Crippen LogP contribution in [0.2, 0.25) is 10.0 Å². The zero-order valence-corrected chi connectivity index (χ0v) is 16.9. The van der Waals surface area contributed by atoms with Crippen LogP contribution in [0.3, 0.4) is 0 Å². The lowest BCUT2D eigenvalue weighted by Gasteiger charge is -2.22. The van der Waals surface area contributed by atoms with Gasteiger partial charge in [-0.2, -0.15) is 0 Å². The van der Waals surface area contributed by atoms with Gasteiger partial charge in [0, 0.05) is 26.2 Å². The van der Waals surface area contributed by atoms with Crippen molar-refractivity contribution in [2.45, 2.75) is 12.1 Å². The third-order valence-corrected chi connectivity index (χ3v) is 8.72. The first-order valence-corrected chi connectivity index (χ1v) is 11.1. The molecule has 0 radical (unpaired) electrons. The molecule has 1 aliphatic rings. The zero-order chi connectivity index (χ0) is 19.0. The van der Waals surface area contributed by atoms with Crippen molar-refractivity contribution in [1.82, 2.24) is 4.67 Å². The molecule has 0 amide bonds. The molecule has 1 aliphatic heterocycles. The first-order chi connectivity index (χ1) is 13.1. The molecule has 136 valence electrons. The molecule has 3 aromatic rings. The molecule has 1 fully saturated rings. The van der Waals surface area contributed by atoms with E-state index in [1.807, 2.05) is 89.6 Å². The van der Waals surface area contributed by atoms with Crippen LogP contribution in [0, 0.1) is 0 Å². The Bertz CT molecular complexity index is 959. The topological polar surface area (TPSA) is 20.1 Å². The van der Waals surface area contributed by atoms with Gasteiger partial charge in [-0.05, 0) is 36.4 Å². The van der Waals surface area contributed by atoms with Crippen LogP contribution in [0.25, 0.3) is 0 Å². The van der Waals surface area contributed by atoms with Crippen molar-refractivity contribution in [1.29, 1.82) is 0 Å². The summed E-state index contributed by atoms with van der Waals surface area (Å²) in [4.78, 5) is 0. The van der Waals surface area contributed by atoms with Crippen LogP contribution in [-0.2, 0) is 4.57 Å². The van der Waals surface area contributed by atoms with Crippen molar-refractivity contribution in [3.63, 3.8) is 0 Å². The van der Waals surface area contributed by atoms with Crippen molar-refractivity contribution in [2.75, 3.05) is 0 Å². The molecule has 1 unspecified atom stereocenters.